The second-order valence-corrected chi connectivity index (χ2v) is 4.13. The van der Waals surface area contributed by atoms with Crippen molar-refractivity contribution in [2.75, 3.05) is 20.6 Å². The number of aromatic nitrogens is 1. The second kappa shape index (κ2) is 5.12. The SMILES string of the molecule is Cc1noc(C)c1C(C)NCC(=O)N(C)C. The maximum atomic E-state index is 11.4. The highest BCUT2D eigenvalue weighted by Gasteiger charge is 2.16. The molecule has 16 heavy (non-hydrogen) atoms. The minimum Gasteiger partial charge on any atom is -0.361 e. The lowest BCUT2D eigenvalue weighted by atomic mass is 10.1. The first-order valence-corrected chi connectivity index (χ1v) is 5.29. The highest BCUT2D eigenvalue weighted by molar-refractivity contribution is 5.77. The zero-order chi connectivity index (χ0) is 12.3. The number of carbonyl (C=O) groups is 1. The topological polar surface area (TPSA) is 58.4 Å². The molecule has 0 aromatic carbocycles. The van der Waals surface area contributed by atoms with E-state index in [2.05, 4.69) is 10.5 Å². The van der Waals surface area contributed by atoms with Crippen molar-refractivity contribution < 1.29 is 9.32 Å². The van der Waals surface area contributed by atoms with Gasteiger partial charge in [-0.15, -0.1) is 0 Å². The van der Waals surface area contributed by atoms with Crippen LogP contribution in [0, 0.1) is 13.8 Å². The van der Waals surface area contributed by atoms with Crippen LogP contribution in [-0.4, -0.2) is 36.6 Å². The van der Waals surface area contributed by atoms with E-state index in [4.69, 9.17) is 4.52 Å². The van der Waals surface area contributed by atoms with Gasteiger partial charge in [-0.3, -0.25) is 4.79 Å². The Hall–Kier alpha value is -1.36. The van der Waals surface area contributed by atoms with Gasteiger partial charge in [-0.1, -0.05) is 5.16 Å². The number of nitrogens with zero attached hydrogens (tertiary/aromatic N) is 2. The number of rotatable bonds is 4. The lowest BCUT2D eigenvalue weighted by Gasteiger charge is -2.15. The zero-order valence-electron chi connectivity index (χ0n) is 10.5. The molecule has 90 valence electrons. The molecule has 0 aliphatic carbocycles. The molecule has 1 unspecified atom stereocenters. The summed E-state index contributed by atoms with van der Waals surface area (Å²) in [4.78, 5) is 13.0. The first kappa shape index (κ1) is 12.7. The van der Waals surface area contributed by atoms with E-state index in [-0.39, 0.29) is 11.9 Å². The first-order chi connectivity index (χ1) is 7.43. The molecule has 0 aliphatic rings. The number of nitrogens with one attached hydrogen (secondary N) is 1. The minimum atomic E-state index is 0.0543. The van der Waals surface area contributed by atoms with Crippen molar-refractivity contribution in [3.8, 4) is 0 Å². The molecule has 0 radical (unpaired) electrons. The van der Waals surface area contributed by atoms with Gasteiger partial charge in [0.2, 0.25) is 5.91 Å². The predicted molar refractivity (Wildman–Crippen MR) is 61.1 cm³/mol. The van der Waals surface area contributed by atoms with Crippen molar-refractivity contribution in [3.63, 3.8) is 0 Å². The van der Waals surface area contributed by atoms with Crippen molar-refractivity contribution in [2.24, 2.45) is 0 Å². The Bertz CT molecular complexity index is 352. The number of hydrogen-bond acceptors (Lipinski definition) is 4. The molecule has 1 aromatic rings. The molecule has 1 amide bonds. The zero-order valence-corrected chi connectivity index (χ0v) is 10.5. The highest BCUT2D eigenvalue weighted by Crippen LogP contribution is 2.20. The molecule has 5 heteroatoms. The maximum absolute atomic E-state index is 11.4. The summed E-state index contributed by atoms with van der Waals surface area (Å²) in [5.41, 5.74) is 1.90. The summed E-state index contributed by atoms with van der Waals surface area (Å²) in [5, 5.41) is 7.05. The van der Waals surface area contributed by atoms with E-state index in [1.165, 1.54) is 0 Å². The Balaban J connectivity index is 2.60. The Kier molecular flexibility index (Phi) is 4.06. The minimum absolute atomic E-state index is 0.0543. The third-order valence-corrected chi connectivity index (χ3v) is 2.58. The maximum Gasteiger partial charge on any atom is 0.236 e. The number of hydrogen-bond donors (Lipinski definition) is 1. The Morgan fingerprint density at radius 3 is 2.56 bits per heavy atom. The molecular weight excluding hydrogens is 206 g/mol. The van der Waals surface area contributed by atoms with Gasteiger partial charge in [-0.2, -0.15) is 0 Å². The summed E-state index contributed by atoms with van der Waals surface area (Å²) >= 11 is 0. The summed E-state index contributed by atoms with van der Waals surface area (Å²) in [7, 11) is 3.48. The number of aryl methyl sites for hydroxylation is 2. The average Bonchev–Trinajstić information content (AvgIpc) is 2.54. The molecule has 0 aliphatic heterocycles. The van der Waals surface area contributed by atoms with Crippen LogP contribution in [-0.2, 0) is 4.79 Å². The molecule has 5 nitrogen and oxygen atoms in total. The van der Waals surface area contributed by atoms with Crippen molar-refractivity contribution in [1.82, 2.24) is 15.4 Å². The predicted octanol–water partition coefficient (Wildman–Crippen LogP) is 1.03. The molecule has 1 heterocycles. The van der Waals surface area contributed by atoms with Crippen molar-refractivity contribution >= 4 is 5.91 Å². The molecule has 0 saturated heterocycles. The normalized spacial score (nSPS) is 12.6. The molecule has 0 spiro atoms. The van der Waals surface area contributed by atoms with E-state index in [0.29, 0.717) is 6.54 Å². The number of amides is 1. The Morgan fingerprint density at radius 2 is 2.12 bits per heavy atom. The number of carbonyl (C=O) groups excluding carboxylic acids is 1. The van der Waals surface area contributed by atoms with Gasteiger partial charge in [0.1, 0.15) is 5.76 Å². The van der Waals surface area contributed by atoms with Gasteiger partial charge in [0.15, 0.2) is 0 Å². The van der Waals surface area contributed by atoms with E-state index in [1.807, 2.05) is 20.8 Å². The molecule has 1 aromatic heterocycles. The van der Waals surface area contributed by atoms with Crippen LogP contribution in [0.4, 0.5) is 0 Å². The van der Waals surface area contributed by atoms with Crippen molar-refractivity contribution in [1.29, 1.82) is 0 Å². The van der Waals surface area contributed by atoms with Crippen LogP contribution in [0.25, 0.3) is 0 Å². The van der Waals surface area contributed by atoms with Gasteiger partial charge in [0.05, 0.1) is 12.2 Å². The lowest BCUT2D eigenvalue weighted by molar-refractivity contribution is -0.127. The standard InChI is InChI=1S/C11H19N3O2/c1-7(12-6-10(15)14(4)5)11-8(2)13-16-9(11)3/h7,12H,6H2,1-5H3. The summed E-state index contributed by atoms with van der Waals surface area (Å²) in [6.45, 7) is 6.09. The van der Waals surface area contributed by atoms with Gasteiger partial charge >= 0.3 is 0 Å². The molecule has 0 saturated carbocycles. The highest BCUT2D eigenvalue weighted by atomic mass is 16.5. The van der Waals surface area contributed by atoms with Gasteiger partial charge in [-0.25, -0.2) is 0 Å². The summed E-state index contributed by atoms with van der Waals surface area (Å²) in [6.07, 6.45) is 0. The van der Waals surface area contributed by atoms with Crippen molar-refractivity contribution in [2.45, 2.75) is 26.8 Å². The second-order valence-electron chi connectivity index (χ2n) is 4.13. The van der Waals surface area contributed by atoms with Crippen LogP contribution < -0.4 is 5.32 Å². The average molecular weight is 225 g/mol. The van der Waals surface area contributed by atoms with Gasteiger partial charge in [-0.05, 0) is 20.8 Å². The first-order valence-electron chi connectivity index (χ1n) is 5.29. The summed E-state index contributed by atoms with van der Waals surface area (Å²) < 4.78 is 5.09. The van der Waals surface area contributed by atoms with Crippen LogP contribution in [0.5, 0.6) is 0 Å². The van der Waals surface area contributed by atoms with E-state index < -0.39 is 0 Å². The van der Waals surface area contributed by atoms with Gasteiger partial charge < -0.3 is 14.7 Å². The summed E-state index contributed by atoms with van der Waals surface area (Å²) in [5.74, 6) is 0.855. The van der Waals surface area contributed by atoms with Crippen LogP contribution in [0.3, 0.4) is 0 Å². The van der Waals surface area contributed by atoms with Gasteiger partial charge in [0.25, 0.3) is 0 Å². The summed E-state index contributed by atoms with van der Waals surface area (Å²) in [6, 6.07) is 0.0650. The monoisotopic (exact) mass is 225 g/mol. The quantitative estimate of drug-likeness (QED) is 0.831. The van der Waals surface area contributed by atoms with Crippen LogP contribution in [0.1, 0.15) is 30.0 Å². The van der Waals surface area contributed by atoms with E-state index in [0.717, 1.165) is 17.0 Å². The Labute approximate surface area is 95.8 Å². The molecule has 1 N–H and O–H groups in total. The van der Waals surface area contributed by atoms with Crippen LogP contribution >= 0.6 is 0 Å². The fourth-order valence-corrected chi connectivity index (χ4v) is 1.61. The third kappa shape index (κ3) is 2.82. The molecule has 1 rings (SSSR count). The van der Waals surface area contributed by atoms with E-state index in [1.54, 1.807) is 19.0 Å². The largest absolute Gasteiger partial charge is 0.361 e. The van der Waals surface area contributed by atoms with E-state index in [9.17, 15) is 4.79 Å². The molecule has 1 atom stereocenters. The lowest BCUT2D eigenvalue weighted by Crippen LogP contribution is -2.34. The smallest absolute Gasteiger partial charge is 0.236 e. The Morgan fingerprint density at radius 1 is 1.50 bits per heavy atom. The van der Waals surface area contributed by atoms with Gasteiger partial charge in [0, 0.05) is 25.7 Å². The van der Waals surface area contributed by atoms with Crippen molar-refractivity contribution in [3.05, 3.63) is 17.0 Å². The van der Waals surface area contributed by atoms with Crippen LogP contribution in [0.2, 0.25) is 0 Å². The fraction of sp³-hybridized carbons (Fsp3) is 0.636. The molecule has 0 bridgehead atoms. The molecular formula is C11H19N3O2. The fourth-order valence-electron chi connectivity index (χ4n) is 1.61. The third-order valence-electron chi connectivity index (χ3n) is 2.58. The van der Waals surface area contributed by atoms with E-state index >= 15 is 0 Å². The molecule has 0 fully saturated rings. The van der Waals surface area contributed by atoms with Crippen LogP contribution in [0.15, 0.2) is 4.52 Å². The number of likely N-dealkylation sites (N-methyl/N-ethyl adjacent to an activating group) is 1.